The number of nitrogens with zero attached hydrogens (tertiary/aromatic N) is 2. The minimum atomic E-state index is -0.514. The van der Waals surface area contributed by atoms with Gasteiger partial charge in [-0.25, -0.2) is 9.68 Å². The van der Waals surface area contributed by atoms with Gasteiger partial charge in [0.15, 0.2) is 0 Å². The first-order chi connectivity index (χ1) is 7.60. The number of carbonyl (C=O) groups excluding carboxylic acids is 1. The van der Waals surface area contributed by atoms with Crippen molar-refractivity contribution in [3.63, 3.8) is 0 Å². The summed E-state index contributed by atoms with van der Waals surface area (Å²) in [5.41, 5.74) is 0. The summed E-state index contributed by atoms with van der Waals surface area (Å²) in [7, 11) is 0. The fraction of sp³-hybridized carbons (Fsp3) is 0.800. The van der Waals surface area contributed by atoms with Crippen molar-refractivity contribution in [2.45, 2.75) is 27.7 Å². The van der Waals surface area contributed by atoms with Gasteiger partial charge < -0.3 is 9.80 Å². The highest BCUT2D eigenvalue weighted by atomic mass is 32.1. The molecule has 0 N–H and O–H groups in total. The summed E-state index contributed by atoms with van der Waals surface area (Å²) >= 11 is 4.96. The van der Waals surface area contributed by atoms with Crippen molar-refractivity contribution in [3.8, 4) is 0 Å². The number of hydrogen-bond acceptors (Lipinski definition) is 4. The second kappa shape index (κ2) is 8.15. The lowest BCUT2D eigenvalue weighted by molar-refractivity contribution is -0.174. The van der Waals surface area contributed by atoms with E-state index in [-0.39, 0.29) is 5.17 Å². The van der Waals surface area contributed by atoms with Crippen molar-refractivity contribution < 1.29 is 14.6 Å². The lowest BCUT2D eigenvalue weighted by atomic mass is 10.6. The third-order valence-corrected chi connectivity index (χ3v) is 2.55. The first-order valence-electron chi connectivity index (χ1n) is 5.52. The van der Waals surface area contributed by atoms with Crippen LogP contribution >= 0.6 is 12.2 Å². The Morgan fingerprint density at radius 1 is 0.938 bits per heavy atom. The molecule has 5 nitrogen and oxygen atoms in total. The van der Waals surface area contributed by atoms with E-state index in [4.69, 9.17) is 17.1 Å². The molecule has 0 bridgehead atoms. The maximum atomic E-state index is 11.4. The lowest BCUT2D eigenvalue weighted by Gasteiger charge is -2.21. The van der Waals surface area contributed by atoms with Crippen LogP contribution in [0.2, 0.25) is 0 Å². The maximum Gasteiger partial charge on any atom is 0.452 e. The minimum absolute atomic E-state index is 0.186. The van der Waals surface area contributed by atoms with Gasteiger partial charge in [-0.1, -0.05) is 0 Å². The highest BCUT2D eigenvalue weighted by Crippen LogP contribution is 1.98. The Morgan fingerprint density at radius 2 is 1.38 bits per heavy atom. The molecule has 1 amide bonds. The van der Waals surface area contributed by atoms with E-state index in [1.807, 2.05) is 27.7 Å². The van der Waals surface area contributed by atoms with E-state index < -0.39 is 6.09 Å². The molecule has 94 valence electrons. The number of thiocarbonyl (C=S) groups is 1. The maximum absolute atomic E-state index is 11.4. The van der Waals surface area contributed by atoms with E-state index in [2.05, 4.69) is 4.89 Å². The van der Waals surface area contributed by atoms with Crippen LogP contribution in [0, 0.1) is 0 Å². The monoisotopic (exact) mass is 248 g/mol. The molecule has 0 aliphatic heterocycles. The van der Waals surface area contributed by atoms with Crippen molar-refractivity contribution >= 4 is 23.5 Å². The molecule has 0 aliphatic rings. The van der Waals surface area contributed by atoms with Crippen molar-refractivity contribution in [2.24, 2.45) is 0 Å². The third-order valence-electron chi connectivity index (χ3n) is 2.23. The standard InChI is InChI=1S/C10H20N2O3S/c1-5-11(6-2)9(13)14-15-10(16)12(7-3)8-4/h5-8H2,1-4H3. The largest absolute Gasteiger partial charge is 0.452 e. The zero-order valence-electron chi connectivity index (χ0n) is 10.4. The number of amides is 1. The highest BCUT2D eigenvalue weighted by molar-refractivity contribution is 7.79. The van der Waals surface area contributed by atoms with Gasteiger partial charge in [0, 0.05) is 26.2 Å². The van der Waals surface area contributed by atoms with Crippen molar-refractivity contribution in [1.82, 2.24) is 9.80 Å². The Kier molecular flexibility index (Phi) is 7.62. The summed E-state index contributed by atoms with van der Waals surface area (Å²) < 4.78 is 0. The molecule has 0 atom stereocenters. The molecular weight excluding hydrogens is 228 g/mol. The quantitative estimate of drug-likeness (QED) is 0.432. The highest BCUT2D eigenvalue weighted by Gasteiger charge is 2.15. The fourth-order valence-electron chi connectivity index (χ4n) is 1.14. The van der Waals surface area contributed by atoms with Crippen LogP contribution in [0.5, 0.6) is 0 Å². The second-order valence-corrected chi connectivity index (χ2v) is 3.39. The van der Waals surface area contributed by atoms with Crippen LogP contribution in [0.3, 0.4) is 0 Å². The van der Waals surface area contributed by atoms with E-state index in [0.29, 0.717) is 13.1 Å². The van der Waals surface area contributed by atoms with Crippen molar-refractivity contribution in [1.29, 1.82) is 0 Å². The zero-order valence-corrected chi connectivity index (χ0v) is 11.2. The van der Waals surface area contributed by atoms with Crippen LogP contribution in [-0.4, -0.2) is 47.2 Å². The Balaban J connectivity index is 4.04. The number of rotatable bonds is 4. The van der Waals surface area contributed by atoms with Crippen LogP contribution in [0.4, 0.5) is 4.79 Å². The van der Waals surface area contributed by atoms with Gasteiger partial charge in [0.05, 0.1) is 0 Å². The van der Waals surface area contributed by atoms with Gasteiger partial charge in [-0.2, -0.15) is 0 Å². The van der Waals surface area contributed by atoms with Gasteiger partial charge in [-0.15, -0.1) is 0 Å². The van der Waals surface area contributed by atoms with Crippen LogP contribution in [0.15, 0.2) is 0 Å². The first kappa shape index (κ1) is 15.0. The summed E-state index contributed by atoms with van der Waals surface area (Å²) in [6.45, 7) is 10.2. The van der Waals surface area contributed by atoms with Gasteiger partial charge in [0.1, 0.15) is 0 Å². The third kappa shape index (κ3) is 4.65. The van der Waals surface area contributed by atoms with Gasteiger partial charge in [0.25, 0.3) is 0 Å². The summed E-state index contributed by atoms with van der Waals surface area (Å²) in [5.74, 6) is 0. The summed E-state index contributed by atoms with van der Waals surface area (Å²) in [5, 5.41) is 0.186. The summed E-state index contributed by atoms with van der Waals surface area (Å²) in [4.78, 5) is 24.1. The number of hydrogen-bond donors (Lipinski definition) is 0. The Morgan fingerprint density at radius 3 is 1.75 bits per heavy atom. The van der Waals surface area contributed by atoms with Crippen LogP contribution in [-0.2, 0) is 9.78 Å². The van der Waals surface area contributed by atoms with Gasteiger partial charge in [0.2, 0.25) is 0 Å². The Hall–Kier alpha value is -1.04. The molecule has 0 fully saturated rings. The van der Waals surface area contributed by atoms with Gasteiger partial charge in [-0.05, 0) is 39.9 Å². The molecule has 0 unspecified atom stereocenters. The Labute approximate surface area is 102 Å². The van der Waals surface area contributed by atoms with Crippen LogP contribution in [0.25, 0.3) is 0 Å². The van der Waals surface area contributed by atoms with E-state index in [0.717, 1.165) is 13.1 Å². The van der Waals surface area contributed by atoms with E-state index in [1.54, 1.807) is 4.90 Å². The molecule has 6 heteroatoms. The van der Waals surface area contributed by atoms with Crippen LogP contribution in [0.1, 0.15) is 27.7 Å². The van der Waals surface area contributed by atoms with Crippen molar-refractivity contribution in [2.75, 3.05) is 26.2 Å². The Bertz CT molecular complexity index is 204. The molecule has 0 aromatic carbocycles. The van der Waals surface area contributed by atoms with E-state index >= 15 is 0 Å². The molecule has 0 saturated heterocycles. The van der Waals surface area contributed by atoms with Gasteiger partial charge in [-0.3, -0.25) is 4.89 Å². The fourth-order valence-corrected chi connectivity index (χ4v) is 1.43. The molecule has 0 aromatic heterocycles. The topological polar surface area (TPSA) is 42.0 Å². The molecule has 0 heterocycles. The summed E-state index contributed by atoms with van der Waals surface area (Å²) in [6, 6.07) is 0. The zero-order chi connectivity index (χ0) is 12.6. The average Bonchev–Trinajstić information content (AvgIpc) is 2.29. The molecule has 0 radical (unpaired) electrons. The molecule has 0 aromatic rings. The number of carbonyl (C=O) groups is 1. The second-order valence-electron chi connectivity index (χ2n) is 3.04. The van der Waals surface area contributed by atoms with Crippen molar-refractivity contribution in [3.05, 3.63) is 0 Å². The molecule has 16 heavy (non-hydrogen) atoms. The predicted molar refractivity (Wildman–Crippen MR) is 66.0 cm³/mol. The smallest absolute Gasteiger partial charge is 0.330 e. The molecule has 0 rings (SSSR count). The first-order valence-corrected chi connectivity index (χ1v) is 5.93. The minimum Gasteiger partial charge on any atom is -0.330 e. The molecule has 0 spiro atoms. The molecule has 0 aliphatic carbocycles. The normalized spacial score (nSPS) is 9.50. The molecule has 0 saturated carbocycles. The van der Waals surface area contributed by atoms with Crippen LogP contribution < -0.4 is 0 Å². The van der Waals surface area contributed by atoms with E-state index in [1.165, 1.54) is 4.90 Å². The summed E-state index contributed by atoms with van der Waals surface area (Å²) in [6.07, 6.45) is -0.514. The average molecular weight is 248 g/mol. The predicted octanol–water partition coefficient (Wildman–Crippen LogP) is 2.02. The molecular formula is C10H20N2O3S. The SMILES string of the molecule is CCN(CC)C(=O)OOC(=S)N(CC)CC. The lowest BCUT2D eigenvalue weighted by Crippen LogP contribution is -2.35. The van der Waals surface area contributed by atoms with Gasteiger partial charge >= 0.3 is 11.3 Å². The van der Waals surface area contributed by atoms with E-state index in [9.17, 15) is 4.79 Å².